The standard InChI is InChI=1S/C14H21FN2O/c1-4-11-7-8-12(15)13(9-11)16-14(18)10-17(5-2)6-3/h7-9H,4-6,10H2,1-3H3,(H,16,18). The summed E-state index contributed by atoms with van der Waals surface area (Å²) in [4.78, 5) is 13.8. The number of anilines is 1. The number of rotatable bonds is 6. The Morgan fingerprint density at radius 3 is 2.50 bits per heavy atom. The number of hydrogen-bond acceptors (Lipinski definition) is 2. The van der Waals surface area contributed by atoms with Crippen molar-refractivity contribution in [2.24, 2.45) is 0 Å². The van der Waals surface area contributed by atoms with Gasteiger partial charge in [-0.25, -0.2) is 4.39 Å². The van der Waals surface area contributed by atoms with Crippen LogP contribution in [0.25, 0.3) is 0 Å². The van der Waals surface area contributed by atoms with E-state index in [1.807, 2.05) is 25.7 Å². The number of nitrogens with zero attached hydrogens (tertiary/aromatic N) is 1. The lowest BCUT2D eigenvalue weighted by Crippen LogP contribution is -2.33. The van der Waals surface area contributed by atoms with Gasteiger partial charge in [-0.1, -0.05) is 26.8 Å². The molecular weight excluding hydrogens is 231 g/mol. The summed E-state index contributed by atoms with van der Waals surface area (Å²) in [5.74, 6) is -0.564. The third-order valence-electron chi connectivity index (χ3n) is 2.97. The molecule has 0 atom stereocenters. The highest BCUT2D eigenvalue weighted by atomic mass is 19.1. The smallest absolute Gasteiger partial charge is 0.238 e. The number of nitrogens with one attached hydrogen (secondary N) is 1. The van der Waals surface area contributed by atoms with Crippen molar-refractivity contribution >= 4 is 11.6 Å². The van der Waals surface area contributed by atoms with Crippen LogP contribution in [0, 0.1) is 5.82 Å². The lowest BCUT2D eigenvalue weighted by Gasteiger charge is -2.17. The number of halogens is 1. The fourth-order valence-corrected chi connectivity index (χ4v) is 1.73. The average Bonchev–Trinajstić information content (AvgIpc) is 2.38. The van der Waals surface area contributed by atoms with Gasteiger partial charge in [-0.05, 0) is 37.2 Å². The fourth-order valence-electron chi connectivity index (χ4n) is 1.73. The predicted molar refractivity (Wildman–Crippen MR) is 72.2 cm³/mol. The van der Waals surface area contributed by atoms with Crippen LogP contribution in [0.4, 0.5) is 10.1 Å². The molecule has 4 heteroatoms. The summed E-state index contributed by atoms with van der Waals surface area (Å²) in [6, 6.07) is 4.82. The Morgan fingerprint density at radius 1 is 1.28 bits per heavy atom. The maximum Gasteiger partial charge on any atom is 0.238 e. The van der Waals surface area contributed by atoms with Gasteiger partial charge in [0.1, 0.15) is 5.82 Å². The Morgan fingerprint density at radius 2 is 1.94 bits per heavy atom. The van der Waals surface area contributed by atoms with Crippen molar-refractivity contribution < 1.29 is 9.18 Å². The molecule has 1 rings (SSSR count). The maximum atomic E-state index is 13.5. The fraction of sp³-hybridized carbons (Fsp3) is 0.500. The lowest BCUT2D eigenvalue weighted by molar-refractivity contribution is -0.117. The molecule has 0 bridgehead atoms. The van der Waals surface area contributed by atoms with Crippen LogP contribution in [-0.4, -0.2) is 30.4 Å². The molecule has 0 saturated heterocycles. The molecule has 1 N–H and O–H groups in total. The number of carbonyl (C=O) groups excluding carboxylic acids is 1. The zero-order valence-electron chi connectivity index (χ0n) is 11.3. The molecule has 0 aliphatic rings. The molecule has 0 saturated carbocycles. The van der Waals surface area contributed by atoms with Crippen molar-refractivity contribution in [3.63, 3.8) is 0 Å². The average molecular weight is 252 g/mol. The van der Waals surface area contributed by atoms with Gasteiger partial charge in [-0.15, -0.1) is 0 Å². The van der Waals surface area contributed by atoms with Crippen molar-refractivity contribution in [2.45, 2.75) is 27.2 Å². The SMILES string of the molecule is CCc1ccc(F)c(NC(=O)CN(CC)CC)c1. The molecular formula is C14H21FN2O. The van der Waals surface area contributed by atoms with E-state index in [9.17, 15) is 9.18 Å². The number of hydrogen-bond donors (Lipinski definition) is 1. The minimum absolute atomic E-state index is 0.175. The van der Waals surface area contributed by atoms with Gasteiger partial charge < -0.3 is 5.32 Å². The van der Waals surface area contributed by atoms with Crippen LogP contribution in [0.3, 0.4) is 0 Å². The van der Waals surface area contributed by atoms with Gasteiger partial charge in [0.25, 0.3) is 0 Å². The first kappa shape index (κ1) is 14.6. The molecule has 0 radical (unpaired) electrons. The predicted octanol–water partition coefficient (Wildman–Crippen LogP) is 2.67. The van der Waals surface area contributed by atoms with E-state index in [0.717, 1.165) is 25.1 Å². The van der Waals surface area contributed by atoms with E-state index >= 15 is 0 Å². The highest BCUT2D eigenvalue weighted by Gasteiger charge is 2.10. The van der Waals surface area contributed by atoms with Gasteiger partial charge in [-0.3, -0.25) is 9.69 Å². The van der Waals surface area contributed by atoms with Crippen molar-refractivity contribution in [3.8, 4) is 0 Å². The van der Waals surface area contributed by atoms with Crippen LogP contribution in [0.5, 0.6) is 0 Å². The first-order chi connectivity index (χ1) is 8.60. The largest absolute Gasteiger partial charge is 0.322 e. The summed E-state index contributed by atoms with van der Waals surface area (Å²) in [5.41, 5.74) is 1.28. The lowest BCUT2D eigenvalue weighted by atomic mass is 10.1. The molecule has 1 aromatic carbocycles. The van der Waals surface area contributed by atoms with Crippen molar-refractivity contribution in [3.05, 3.63) is 29.6 Å². The van der Waals surface area contributed by atoms with Crippen molar-refractivity contribution in [1.29, 1.82) is 0 Å². The molecule has 3 nitrogen and oxygen atoms in total. The summed E-state index contributed by atoms with van der Waals surface area (Å²) in [6.07, 6.45) is 0.819. The van der Waals surface area contributed by atoms with Gasteiger partial charge in [0, 0.05) is 0 Å². The van der Waals surface area contributed by atoms with Crippen LogP contribution in [0.2, 0.25) is 0 Å². The van der Waals surface area contributed by atoms with Crippen molar-refractivity contribution in [2.75, 3.05) is 25.0 Å². The van der Waals surface area contributed by atoms with Crippen LogP contribution in [0.15, 0.2) is 18.2 Å². The van der Waals surface area contributed by atoms with E-state index in [1.54, 1.807) is 12.1 Å². The Bertz CT molecular complexity index is 403. The van der Waals surface area contributed by atoms with Crippen molar-refractivity contribution in [1.82, 2.24) is 4.90 Å². The molecule has 0 aromatic heterocycles. The molecule has 100 valence electrons. The summed E-state index contributed by atoms with van der Waals surface area (Å²) >= 11 is 0. The first-order valence-corrected chi connectivity index (χ1v) is 6.41. The van der Waals surface area contributed by atoms with Gasteiger partial charge in [0.2, 0.25) is 5.91 Å². The summed E-state index contributed by atoms with van der Waals surface area (Å²) < 4.78 is 13.5. The van der Waals surface area contributed by atoms with E-state index in [0.29, 0.717) is 6.54 Å². The highest BCUT2D eigenvalue weighted by molar-refractivity contribution is 5.92. The normalized spacial score (nSPS) is 10.7. The molecule has 1 amide bonds. The maximum absolute atomic E-state index is 13.5. The Kier molecular flexibility index (Phi) is 5.78. The van der Waals surface area contributed by atoms with E-state index < -0.39 is 0 Å². The second-order valence-corrected chi connectivity index (χ2v) is 4.18. The van der Waals surface area contributed by atoms with Crippen LogP contribution in [0.1, 0.15) is 26.3 Å². The van der Waals surface area contributed by atoms with E-state index in [2.05, 4.69) is 5.32 Å². The van der Waals surface area contributed by atoms with Crippen LogP contribution < -0.4 is 5.32 Å². The quantitative estimate of drug-likeness (QED) is 0.844. The zero-order valence-corrected chi connectivity index (χ0v) is 11.3. The highest BCUT2D eigenvalue weighted by Crippen LogP contribution is 2.16. The Balaban J connectivity index is 2.69. The van der Waals surface area contributed by atoms with Crippen LogP contribution >= 0.6 is 0 Å². The molecule has 0 spiro atoms. The van der Waals surface area contributed by atoms with Gasteiger partial charge >= 0.3 is 0 Å². The first-order valence-electron chi connectivity index (χ1n) is 6.41. The number of likely N-dealkylation sites (N-methyl/N-ethyl adjacent to an activating group) is 1. The van der Waals surface area contributed by atoms with E-state index in [4.69, 9.17) is 0 Å². The molecule has 18 heavy (non-hydrogen) atoms. The summed E-state index contributed by atoms with van der Waals surface area (Å²) in [6.45, 7) is 7.89. The third-order valence-corrected chi connectivity index (χ3v) is 2.97. The Hall–Kier alpha value is -1.42. The summed E-state index contributed by atoms with van der Waals surface area (Å²) in [5, 5.41) is 2.63. The van der Waals surface area contributed by atoms with Crippen LogP contribution in [-0.2, 0) is 11.2 Å². The number of amides is 1. The number of benzene rings is 1. The minimum Gasteiger partial charge on any atom is -0.322 e. The number of aryl methyl sites for hydroxylation is 1. The third kappa shape index (κ3) is 4.11. The van der Waals surface area contributed by atoms with Gasteiger partial charge in [-0.2, -0.15) is 0 Å². The van der Waals surface area contributed by atoms with Gasteiger partial charge in [0.05, 0.1) is 12.2 Å². The molecule has 0 heterocycles. The van der Waals surface area contributed by atoms with E-state index in [-0.39, 0.29) is 17.4 Å². The van der Waals surface area contributed by atoms with E-state index in [1.165, 1.54) is 6.07 Å². The topological polar surface area (TPSA) is 32.3 Å². The molecule has 0 aliphatic heterocycles. The van der Waals surface area contributed by atoms with Gasteiger partial charge in [0.15, 0.2) is 0 Å². The molecule has 1 aromatic rings. The number of carbonyl (C=O) groups is 1. The molecule has 0 unspecified atom stereocenters. The zero-order chi connectivity index (χ0) is 13.5. The monoisotopic (exact) mass is 252 g/mol. The Labute approximate surface area is 108 Å². The summed E-state index contributed by atoms with van der Waals surface area (Å²) in [7, 11) is 0. The second-order valence-electron chi connectivity index (χ2n) is 4.18. The second kappa shape index (κ2) is 7.11. The molecule has 0 fully saturated rings. The molecule has 0 aliphatic carbocycles. The minimum atomic E-state index is -0.389.